The number of likely N-dealkylation sites (N-methyl/N-ethyl adjacent to an activating group) is 1. The van der Waals surface area contributed by atoms with E-state index in [0.29, 0.717) is 0 Å². The number of rotatable bonds is 9. The van der Waals surface area contributed by atoms with Crippen LogP contribution < -0.4 is 15.4 Å². The first-order chi connectivity index (χ1) is 12.7. The minimum Gasteiger partial charge on any atom is -0.496 e. The highest BCUT2D eigenvalue weighted by molar-refractivity contribution is 5.79. The minimum atomic E-state index is 0.175. The molecule has 1 aromatic heterocycles. The fourth-order valence-electron chi connectivity index (χ4n) is 2.81. The molecule has 0 saturated heterocycles. The number of benzene rings is 1. The third-order valence-electron chi connectivity index (χ3n) is 4.22. The molecule has 0 aliphatic carbocycles. The topological polar surface area (TPSA) is 66.7 Å². The van der Waals surface area contributed by atoms with Crippen LogP contribution in [0.15, 0.2) is 47.7 Å². The van der Waals surface area contributed by atoms with Crippen molar-refractivity contribution in [3.8, 4) is 5.75 Å². The number of nitrogens with zero attached hydrogens (tertiary/aromatic N) is 4. The van der Waals surface area contributed by atoms with Gasteiger partial charge in [-0.15, -0.1) is 0 Å². The zero-order chi connectivity index (χ0) is 18.8. The molecule has 142 valence electrons. The number of methoxy groups -OCH3 is 1. The van der Waals surface area contributed by atoms with Crippen molar-refractivity contribution in [3.05, 3.63) is 48.3 Å². The molecular weight excluding hydrogens is 328 g/mol. The van der Waals surface area contributed by atoms with Crippen molar-refractivity contribution in [1.29, 1.82) is 0 Å². The van der Waals surface area contributed by atoms with Crippen molar-refractivity contribution in [2.24, 2.45) is 4.99 Å². The molecule has 1 atom stereocenters. The molecule has 26 heavy (non-hydrogen) atoms. The van der Waals surface area contributed by atoms with Crippen molar-refractivity contribution >= 4 is 5.96 Å². The molecule has 2 aromatic rings. The highest BCUT2D eigenvalue weighted by Gasteiger charge is 2.18. The first-order valence-corrected chi connectivity index (χ1v) is 8.87. The molecule has 1 unspecified atom stereocenters. The average molecular weight is 358 g/mol. The largest absolute Gasteiger partial charge is 0.496 e. The molecule has 2 rings (SSSR count). The molecular formula is C19H30N6O. The van der Waals surface area contributed by atoms with Crippen LogP contribution in [0.25, 0.3) is 0 Å². The van der Waals surface area contributed by atoms with Gasteiger partial charge in [0.2, 0.25) is 0 Å². The lowest BCUT2D eigenvalue weighted by atomic mass is 10.0. The SMILES string of the molecule is CN=C(NCCCn1cccn1)NCC(c1ccccc1OC)N(C)C. The summed E-state index contributed by atoms with van der Waals surface area (Å²) in [5.74, 6) is 1.70. The van der Waals surface area contributed by atoms with Crippen molar-refractivity contribution in [2.45, 2.75) is 19.0 Å². The lowest BCUT2D eigenvalue weighted by Crippen LogP contribution is -2.42. The molecule has 0 aliphatic heterocycles. The number of hydrogen-bond acceptors (Lipinski definition) is 4. The Morgan fingerprint density at radius 3 is 2.73 bits per heavy atom. The number of aromatic nitrogens is 2. The van der Waals surface area contributed by atoms with E-state index in [0.717, 1.165) is 43.3 Å². The van der Waals surface area contributed by atoms with Crippen LogP contribution in [-0.4, -0.2) is 62.0 Å². The van der Waals surface area contributed by atoms with Gasteiger partial charge in [0.05, 0.1) is 13.2 Å². The quantitative estimate of drug-likeness (QED) is 0.406. The Bertz CT molecular complexity index is 668. The Balaban J connectivity index is 1.86. The van der Waals surface area contributed by atoms with Gasteiger partial charge in [-0.3, -0.25) is 9.67 Å². The van der Waals surface area contributed by atoms with E-state index < -0.39 is 0 Å². The van der Waals surface area contributed by atoms with Gasteiger partial charge in [0, 0.05) is 44.6 Å². The van der Waals surface area contributed by atoms with Crippen LogP contribution in [0.5, 0.6) is 5.75 Å². The summed E-state index contributed by atoms with van der Waals surface area (Å²) in [7, 11) is 7.63. The Labute approximate surface area is 156 Å². The molecule has 0 spiro atoms. The fourth-order valence-corrected chi connectivity index (χ4v) is 2.81. The summed E-state index contributed by atoms with van der Waals surface area (Å²) in [6, 6.07) is 10.2. The standard InChI is InChI=1S/C19H30N6O/c1-20-19(21-11-7-13-25-14-8-12-23-25)22-15-17(24(2)3)16-9-5-6-10-18(16)26-4/h5-6,8-10,12,14,17H,7,11,13,15H2,1-4H3,(H2,20,21,22). The second-order valence-corrected chi connectivity index (χ2v) is 6.22. The molecule has 0 amide bonds. The maximum absolute atomic E-state index is 5.52. The third-order valence-corrected chi connectivity index (χ3v) is 4.22. The molecule has 2 N–H and O–H groups in total. The van der Waals surface area contributed by atoms with Gasteiger partial charge in [-0.05, 0) is 32.6 Å². The lowest BCUT2D eigenvalue weighted by molar-refractivity contribution is 0.287. The fraction of sp³-hybridized carbons (Fsp3) is 0.474. The summed E-state index contributed by atoms with van der Waals surface area (Å²) < 4.78 is 7.45. The molecule has 0 radical (unpaired) electrons. The smallest absolute Gasteiger partial charge is 0.191 e. The van der Waals surface area contributed by atoms with Crippen LogP contribution >= 0.6 is 0 Å². The predicted octanol–water partition coefficient (Wildman–Crippen LogP) is 1.75. The highest BCUT2D eigenvalue weighted by atomic mass is 16.5. The van der Waals surface area contributed by atoms with Gasteiger partial charge in [-0.25, -0.2) is 0 Å². The number of hydrogen-bond donors (Lipinski definition) is 2. The Kier molecular flexibility index (Phi) is 7.95. The minimum absolute atomic E-state index is 0.175. The van der Waals surface area contributed by atoms with E-state index in [9.17, 15) is 0 Å². The maximum Gasteiger partial charge on any atom is 0.191 e. The van der Waals surface area contributed by atoms with Crippen LogP contribution in [0.1, 0.15) is 18.0 Å². The first-order valence-electron chi connectivity index (χ1n) is 8.87. The molecule has 0 fully saturated rings. The van der Waals surface area contributed by atoms with Gasteiger partial charge in [0.1, 0.15) is 5.75 Å². The van der Waals surface area contributed by atoms with Gasteiger partial charge in [-0.1, -0.05) is 18.2 Å². The van der Waals surface area contributed by atoms with Crippen molar-refractivity contribution in [1.82, 2.24) is 25.3 Å². The van der Waals surface area contributed by atoms with Gasteiger partial charge in [0.25, 0.3) is 0 Å². The van der Waals surface area contributed by atoms with E-state index in [1.807, 2.05) is 35.1 Å². The second-order valence-electron chi connectivity index (χ2n) is 6.22. The van der Waals surface area contributed by atoms with Crippen LogP contribution in [0, 0.1) is 0 Å². The number of guanidine groups is 1. The van der Waals surface area contributed by atoms with Gasteiger partial charge in [-0.2, -0.15) is 5.10 Å². The van der Waals surface area contributed by atoms with Crippen LogP contribution in [0.4, 0.5) is 0 Å². The number of aliphatic imine (C=N–C) groups is 1. The number of aryl methyl sites for hydroxylation is 1. The van der Waals surface area contributed by atoms with Crippen LogP contribution in [-0.2, 0) is 6.54 Å². The predicted molar refractivity (Wildman–Crippen MR) is 106 cm³/mol. The van der Waals surface area contributed by atoms with E-state index in [1.54, 1.807) is 20.4 Å². The van der Waals surface area contributed by atoms with E-state index in [1.165, 1.54) is 0 Å². The Morgan fingerprint density at radius 1 is 1.27 bits per heavy atom. The van der Waals surface area contributed by atoms with E-state index in [4.69, 9.17) is 4.74 Å². The summed E-state index contributed by atoms with van der Waals surface area (Å²) >= 11 is 0. The first kappa shape index (κ1) is 19.8. The van der Waals surface area contributed by atoms with Crippen LogP contribution in [0.2, 0.25) is 0 Å². The van der Waals surface area contributed by atoms with E-state index >= 15 is 0 Å². The molecule has 0 aliphatic rings. The zero-order valence-corrected chi connectivity index (χ0v) is 16.1. The van der Waals surface area contributed by atoms with E-state index in [-0.39, 0.29) is 6.04 Å². The summed E-state index contributed by atoms with van der Waals surface area (Å²) in [5, 5.41) is 11.0. The maximum atomic E-state index is 5.52. The normalized spacial score (nSPS) is 12.9. The van der Waals surface area contributed by atoms with Crippen LogP contribution in [0.3, 0.4) is 0 Å². The van der Waals surface area contributed by atoms with Gasteiger partial charge >= 0.3 is 0 Å². The van der Waals surface area contributed by atoms with Crippen molar-refractivity contribution in [3.63, 3.8) is 0 Å². The number of nitrogens with one attached hydrogen (secondary N) is 2. The third kappa shape index (κ3) is 5.77. The Hall–Kier alpha value is -2.54. The molecule has 0 bridgehead atoms. The summed E-state index contributed by atoms with van der Waals surface area (Å²) in [6.07, 6.45) is 4.75. The summed E-state index contributed by atoms with van der Waals surface area (Å²) in [5.41, 5.74) is 1.15. The zero-order valence-electron chi connectivity index (χ0n) is 16.1. The highest BCUT2D eigenvalue weighted by Crippen LogP contribution is 2.27. The number of para-hydroxylation sites is 1. The number of ether oxygens (including phenoxy) is 1. The Morgan fingerprint density at radius 2 is 2.08 bits per heavy atom. The molecule has 7 nitrogen and oxygen atoms in total. The summed E-state index contributed by atoms with van der Waals surface area (Å²) in [4.78, 5) is 6.49. The average Bonchev–Trinajstić information content (AvgIpc) is 3.17. The summed E-state index contributed by atoms with van der Waals surface area (Å²) in [6.45, 7) is 2.45. The van der Waals surface area contributed by atoms with Crippen molar-refractivity contribution < 1.29 is 4.74 Å². The molecule has 1 heterocycles. The lowest BCUT2D eigenvalue weighted by Gasteiger charge is -2.27. The van der Waals surface area contributed by atoms with Gasteiger partial charge in [0.15, 0.2) is 5.96 Å². The van der Waals surface area contributed by atoms with Crippen molar-refractivity contribution in [2.75, 3.05) is 41.3 Å². The molecule has 1 aromatic carbocycles. The molecule has 7 heteroatoms. The monoisotopic (exact) mass is 358 g/mol. The second kappa shape index (κ2) is 10.5. The molecule has 0 saturated carbocycles. The van der Waals surface area contributed by atoms with E-state index in [2.05, 4.69) is 45.8 Å². The van der Waals surface area contributed by atoms with Gasteiger partial charge < -0.3 is 20.3 Å².